The minimum Gasteiger partial charge on any atom is -0.392 e. The fourth-order valence-corrected chi connectivity index (χ4v) is 7.36. The number of fused-ring (bicyclic) bond motifs is 2. The van der Waals surface area contributed by atoms with Crippen LogP contribution in [-0.2, 0) is 16.0 Å². The zero-order chi connectivity index (χ0) is 23.6. The molecule has 0 bridgehead atoms. The average Bonchev–Trinajstić information content (AvgIpc) is 3.12. The smallest absolute Gasteiger partial charge is 0.236 e. The van der Waals surface area contributed by atoms with E-state index in [1.54, 1.807) is 23.3 Å². The number of hydrogen-bond donors (Lipinski definition) is 2. The van der Waals surface area contributed by atoms with E-state index in [0.717, 1.165) is 25.0 Å². The van der Waals surface area contributed by atoms with Gasteiger partial charge in [-0.05, 0) is 42.8 Å². The molecule has 0 spiro atoms. The topological polar surface area (TPSA) is 106 Å². The van der Waals surface area contributed by atoms with Gasteiger partial charge >= 0.3 is 0 Å². The number of anilines is 1. The van der Waals surface area contributed by atoms with E-state index in [2.05, 4.69) is 25.2 Å². The average molecular weight is 479 g/mol. The van der Waals surface area contributed by atoms with E-state index < -0.39 is 6.10 Å². The third kappa shape index (κ3) is 4.82. The van der Waals surface area contributed by atoms with E-state index in [9.17, 15) is 14.7 Å². The third-order valence-corrected chi connectivity index (χ3v) is 8.95. The van der Waals surface area contributed by atoms with Crippen molar-refractivity contribution in [3.63, 3.8) is 0 Å². The molecule has 1 aromatic rings. The summed E-state index contributed by atoms with van der Waals surface area (Å²) in [6.07, 6.45) is 4.17. The van der Waals surface area contributed by atoms with Crippen molar-refractivity contribution in [1.82, 2.24) is 9.88 Å². The number of thioether (sulfide) groups is 1. The molecule has 6 atom stereocenters. The standard InChI is InChI=1S/C23H34N4O3S2/c1-13(21(30)27(4)10-6-9-24)15-7-8-23(3)11-16-19(14(2)18(23)20(15)29)26-22(32-16)25-17(28)12-31-5/h13-15,18,20,29H,6-8,10-12H2,1-5H3,(H,25,26,28)/t13-,14-,15-,18+,20-,23-/m0/s1. The quantitative estimate of drug-likeness (QED) is 0.621. The maximum absolute atomic E-state index is 12.9. The number of nitriles is 1. The van der Waals surface area contributed by atoms with Crippen molar-refractivity contribution in [1.29, 1.82) is 5.26 Å². The molecule has 2 aliphatic carbocycles. The highest BCUT2D eigenvalue weighted by Crippen LogP contribution is 2.57. The summed E-state index contributed by atoms with van der Waals surface area (Å²) in [6.45, 7) is 6.68. The first-order chi connectivity index (χ1) is 15.1. The lowest BCUT2D eigenvalue weighted by molar-refractivity contribution is -0.143. The molecule has 0 aromatic carbocycles. The Morgan fingerprint density at radius 2 is 2.22 bits per heavy atom. The fourth-order valence-electron chi connectivity index (χ4n) is 5.75. The number of nitrogens with zero attached hydrogens (tertiary/aromatic N) is 3. The zero-order valence-corrected chi connectivity index (χ0v) is 21.2. The van der Waals surface area contributed by atoms with Crippen LogP contribution in [0.15, 0.2) is 0 Å². The lowest BCUT2D eigenvalue weighted by atomic mass is 9.53. The molecular weight excluding hydrogens is 444 g/mol. The second-order valence-corrected chi connectivity index (χ2v) is 11.6. The van der Waals surface area contributed by atoms with Gasteiger partial charge in [-0.2, -0.15) is 17.0 Å². The number of amides is 2. The molecule has 0 saturated heterocycles. The molecule has 2 N–H and O–H groups in total. The van der Waals surface area contributed by atoms with E-state index in [0.29, 0.717) is 23.8 Å². The normalized spacial score (nSPS) is 29.9. The largest absolute Gasteiger partial charge is 0.392 e. The SMILES string of the molecule is CSCC(=O)Nc1nc2c(s1)C[C@]1(C)CC[C@@H]([C@H](C)C(=O)N(C)CCC#N)[C@H](O)[C@H]1[C@@H]2C. The second-order valence-electron chi connectivity index (χ2n) is 9.60. The highest BCUT2D eigenvalue weighted by Gasteiger charge is 2.54. The lowest BCUT2D eigenvalue weighted by Crippen LogP contribution is -2.53. The zero-order valence-electron chi connectivity index (χ0n) is 19.6. The highest BCUT2D eigenvalue weighted by molar-refractivity contribution is 7.99. The third-order valence-electron chi connectivity index (χ3n) is 7.41. The van der Waals surface area contributed by atoms with Crippen molar-refractivity contribution in [2.75, 3.05) is 30.9 Å². The Morgan fingerprint density at radius 3 is 2.88 bits per heavy atom. The number of aliphatic hydroxyl groups excluding tert-OH is 1. The number of aromatic nitrogens is 1. The van der Waals surface area contributed by atoms with Gasteiger partial charge in [0, 0.05) is 30.3 Å². The number of aliphatic hydroxyl groups is 1. The monoisotopic (exact) mass is 478 g/mol. The Hall–Kier alpha value is -1.63. The molecule has 0 radical (unpaired) electrons. The van der Waals surface area contributed by atoms with Gasteiger partial charge in [-0.25, -0.2) is 4.98 Å². The van der Waals surface area contributed by atoms with E-state index in [-0.39, 0.29) is 40.9 Å². The molecule has 7 nitrogen and oxygen atoms in total. The van der Waals surface area contributed by atoms with Crippen LogP contribution in [0, 0.1) is 34.5 Å². The van der Waals surface area contributed by atoms with E-state index in [1.807, 2.05) is 13.2 Å². The van der Waals surface area contributed by atoms with Crippen LogP contribution in [-0.4, -0.2) is 58.5 Å². The molecule has 9 heteroatoms. The maximum atomic E-state index is 12.9. The van der Waals surface area contributed by atoms with Crippen LogP contribution in [0.5, 0.6) is 0 Å². The van der Waals surface area contributed by atoms with Gasteiger partial charge in [-0.15, -0.1) is 11.3 Å². The van der Waals surface area contributed by atoms with Gasteiger partial charge in [0.25, 0.3) is 0 Å². The van der Waals surface area contributed by atoms with Gasteiger partial charge in [0.2, 0.25) is 11.8 Å². The number of nitrogens with one attached hydrogen (secondary N) is 1. The molecule has 0 unspecified atom stereocenters. The van der Waals surface area contributed by atoms with Crippen LogP contribution in [0.3, 0.4) is 0 Å². The highest BCUT2D eigenvalue weighted by atomic mass is 32.2. The summed E-state index contributed by atoms with van der Waals surface area (Å²) < 4.78 is 0. The van der Waals surface area contributed by atoms with E-state index >= 15 is 0 Å². The summed E-state index contributed by atoms with van der Waals surface area (Å²) in [5.74, 6) is -0.0303. The summed E-state index contributed by atoms with van der Waals surface area (Å²) in [5.41, 5.74) is 0.909. The summed E-state index contributed by atoms with van der Waals surface area (Å²) in [4.78, 5) is 32.5. The molecule has 1 fully saturated rings. The number of rotatable bonds is 7. The molecule has 32 heavy (non-hydrogen) atoms. The van der Waals surface area contributed by atoms with E-state index in [1.165, 1.54) is 16.6 Å². The van der Waals surface area contributed by atoms with Crippen LogP contribution < -0.4 is 5.32 Å². The predicted octanol–water partition coefficient (Wildman–Crippen LogP) is 3.51. The molecule has 0 aliphatic heterocycles. The number of carbonyl (C=O) groups excluding carboxylic acids is 2. The molecular formula is C23H34N4O3S2. The van der Waals surface area contributed by atoms with Gasteiger partial charge in [0.15, 0.2) is 5.13 Å². The molecule has 2 amide bonds. The van der Waals surface area contributed by atoms with Crippen molar-refractivity contribution >= 4 is 40.0 Å². The van der Waals surface area contributed by atoms with Crippen LogP contribution in [0.25, 0.3) is 0 Å². The van der Waals surface area contributed by atoms with Crippen LogP contribution in [0.2, 0.25) is 0 Å². The number of carbonyl (C=O) groups is 2. The van der Waals surface area contributed by atoms with Crippen LogP contribution in [0.4, 0.5) is 5.13 Å². The Morgan fingerprint density at radius 1 is 1.50 bits per heavy atom. The first kappa shape index (κ1) is 25.0. The first-order valence-electron chi connectivity index (χ1n) is 11.2. The van der Waals surface area contributed by atoms with Crippen molar-refractivity contribution in [2.45, 2.75) is 58.5 Å². The molecule has 176 valence electrons. The fraction of sp³-hybridized carbons (Fsp3) is 0.739. The first-order valence-corrected chi connectivity index (χ1v) is 13.4. The maximum Gasteiger partial charge on any atom is 0.236 e. The summed E-state index contributed by atoms with van der Waals surface area (Å²) in [6, 6.07) is 2.08. The lowest BCUT2D eigenvalue weighted by Gasteiger charge is -2.53. The number of hydrogen-bond acceptors (Lipinski definition) is 7. The summed E-state index contributed by atoms with van der Waals surface area (Å²) >= 11 is 3.03. The van der Waals surface area contributed by atoms with Gasteiger partial charge < -0.3 is 15.3 Å². The Bertz CT molecular complexity index is 898. The van der Waals surface area contributed by atoms with Crippen molar-refractivity contribution in [2.24, 2.45) is 23.2 Å². The van der Waals surface area contributed by atoms with Crippen LogP contribution in [0.1, 0.15) is 56.5 Å². The minimum absolute atomic E-state index is 0.00487. The molecule has 1 saturated carbocycles. The minimum atomic E-state index is -0.601. The van der Waals surface area contributed by atoms with Gasteiger partial charge in [-0.3, -0.25) is 9.59 Å². The van der Waals surface area contributed by atoms with Gasteiger partial charge in [-0.1, -0.05) is 20.8 Å². The van der Waals surface area contributed by atoms with Crippen molar-refractivity contribution < 1.29 is 14.7 Å². The molecule has 1 heterocycles. The molecule has 3 rings (SSSR count). The Kier molecular flexibility index (Phi) is 7.89. The number of thiazole rings is 1. The Labute approximate surface area is 199 Å². The van der Waals surface area contributed by atoms with Crippen molar-refractivity contribution in [3.8, 4) is 6.07 Å². The van der Waals surface area contributed by atoms with Gasteiger partial charge in [0.1, 0.15) is 0 Å². The Balaban J connectivity index is 1.79. The predicted molar refractivity (Wildman–Crippen MR) is 129 cm³/mol. The molecule has 1 aromatic heterocycles. The summed E-state index contributed by atoms with van der Waals surface area (Å²) in [5, 5.41) is 23.9. The summed E-state index contributed by atoms with van der Waals surface area (Å²) in [7, 11) is 1.73. The van der Waals surface area contributed by atoms with Crippen LogP contribution >= 0.6 is 23.1 Å². The van der Waals surface area contributed by atoms with Crippen molar-refractivity contribution in [3.05, 3.63) is 10.6 Å². The second kappa shape index (κ2) is 10.1. The van der Waals surface area contributed by atoms with Gasteiger partial charge in [0.05, 0.1) is 30.0 Å². The van der Waals surface area contributed by atoms with E-state index in [4.69, 9.17) is 10.2 Å². The molecule has 2 aliphatic rings.